The fraction of sp³-hybridized carbons (Fsp3) is 0.667. The summed E-state index contributed by atoms with van der Waals surface area (Å²) in [6.45, 7) is 12.0. The van der Waals surface area contributed by atoms with Crippen molar-refractivity contribution in [3.05, 3.63) is 12.8 Å². The molecule has 0 spiro atoms. The summed E-state index contributed by atoms with van der Waals surface area (Å²) in [6, 6.07) is 1.72. The van der Waals surface area contributed by atoms with Crippen LogP contribution in [0.4, 0.5) is 0 Å². The Morgan fingerprint density at radius 2 is 1.44 bits per heavy atom. The van der Waals surface area contributed by atoms with Crippen LogP contribution in [0.5, 0.6) is 0 Å². The molecule has 0 bridgehead atoms. The molecular formula is C12H26N2OTi. The van der Waals surface area contributed by atoms with Gasteiger partial charge in [0, 0.05) is 0 Å². The van der Waals surface area contributed by atoms with E-state index in [1.807, 2.05) is 47.5 Å². The van der Waals surface area contributed by atoms with Gasteiger partial charge >= 0.3 is 21.7 Å². The monoisotopic (exact) mass is 262 g/mol. The van der Waals surface area contributed by atoms with Crippen LogP contribution in [0, 0.1) is 24.2 Å². The van der Waals surface area contributed by atoms with Gasteiger partial charge in [0.1, 0.15) is 5.78 Å². The van der Waals surface area contributed by atoms with Crippen LogP contribution < -0.4 is 5.73 Å². The first-order chi connectivity index (χ1) is 7.01. The molecule has 0 amide bonds. The van der Waals surface area contributed by atoms with Crippen LogP contribution in [0.25, 0.3) is 0 Å². The number of nitrogens with zero attached hydrogens (tertiary/aromatic N) is 1. The Morgan fingerprint density at radius 3 is 1.44 bits per heavy atom. The smallest absolute Gasteiger partial charge is 0.335 e. The Bertz CT molecular complexity index is 129. The van der Waals surface area contributed by atoms with Gasteiger partial charge in [-0.25, -0.2) is 0 Å². The molecule has 0 rings (SSSR count). The van der Waals surface area contributed by atoms with Crippen LogP contribution in [0.3, 0.4) is 0 Å². The maximum atomic E-state index is 9.82. The van der Waals surface area contributed by atoms with Crippen LogP contribution in [0.15, 0.2) is 0 Å². The summed E-state index contributed by atoms with van der Waals surface area (Å²) < 4.78 is 0. The van der Waals surface area contributed by atoms with Crippen molar-refractivity contribution >= 4 is 5.78 Å². The topological polar surface area (TPSA) is 66.9 Å². The second-order valence-corrected chi connectivity index (χ2v) is 2.60. The van der Waals surface area contributed by atoms with E-state index in [0.29, 0.717) is 0 Å². The summed E-state index contributed by atoms with van der Waals surface area (Å²) in [6.07, 6.45) is 4.04. The van der Waals surface area contributed by atoms with Crippen molar-refractivity contribution in [3.63, 3.8) is 0 Å². The summed E-state index contributed by atoms with van der Waals surface area (Å²) in [7, 11) is 0. The van der Waals surface area contributed by atoms with Crippen molar-refractivity contribution in [2.45, 2.75) is 48.0 Å². The average molecular weight is 262 g/mol. The van der Waals surface area contributed by atoms with Gasteiger partial charge in [-0.15, -0.1) is 0 Å². The van der Waals surface area contributed by atoms with Gasteiger partial charge in [-0.1, -0.05) is 6.92 Å². The summed E-state index contributed by atoms with van der Waals surface area (Å²) >= 11 is 0. The van der Waals surface area contributed by atoms with E-state index in [-0.39, 0.29) is 33.9 Å². The van der Waals surface area contributed by atoms with Gasteiger partial charge in [0.15, 0.2) is 0 Å². The molecule has 0 fully saturated rings. The standard InChI is InChI=1S/C4H5NO.2C3H7.C2H7N.Ti/c1-4(6)2-3-5;2*1-3-2;1-2-3;/h2H2,1H3;2*3H,1-2H3;2-3H2,1H3;/q;2*-1;;+2. The molecule has 0 saturated carbocycles. The van der Waals surface area contributed by atoms with Crippen LogP contribution in [0.1, 0.15) is 48.0 Å². The van der Waals surface area contributed by atoms with Crippen LogP contribution >= 0.6 is 0 Å². The Kier molecular flexibility index (Phi) is 85.8. The summed E-state index contributed by atoms with van der Waals surface area (Å²) in [5.41, 5.74) is 4.85. The summed E-state index contributed by atoms with van der Waals surface area (Å²) in [4.78, 5) is 9.82. The number of hydrogen-bond donors (Lipinski definition) is 1. The van der Waals surface area contributed by atoms with Crippen molar-refractivity contribution in [2.75, 3.05) is 6.54 Å². The average Bonchev–Trinajstić information content (AvgIpc) is 2.07. The van der Waals surface area contributed by atoms with E-state index >= 15 is 0 Å². The second-order valence-electron chi connectivity index (χ2n) is 2.60. The first-order valence-electron chi connectivity index (χ1n) is 5.06. The fourth-order valence-corrected chi connectivity index (χ4v) is 0.111. The van der Waals surface area contributed by atoms with Crippen molar-refractivity contribution in [1.29, 1.82) is 5.26 Å². The molecule has 0 heterocycles. The van der Waals surface area contributed by atoms with E-state index in [1.54, 1.807) is 6.07 Å². The number of hydrogen-bond acceptors (Lipinski definition) is 3. The maximum Gasteiger partial charge on any atom is 2.00 e. The number of carbonyl (C=O) groups excluding carboxylic acids is 1. The molecule has 0 aromatic carbocycles. The zero-order valence-electron chi connectivity index (χ0n) is 11.5. The van der Waals surface area contributed by atoms with Crippen LogP contribution in [0.2, 0.25) is 0 Å². The zero-order valence-corrected chi connectivity index (χ0v) is 13.1. The normalized spacial score (nSPS) is 5.88. The molecule has 3 nitrogen and oxygen atoms in total. The van der Waals surface area contributed by atoms with Crippen LogP contribution in [-0.2, 0) is 26.5 Å². The van der Waals surface area contributed by atoms with E-state index in [0.717, 1.165) is 6.54 Å². The molecule has 0 aromatic rings. The van der Waals surface area contributed by atoms with E-state index in [9.17, 15) is 4.79 Å². The van der Waals surface area contributed by atoms with Crippen molar-refractivity contribution in [3.8, 4) is 6.07 Å². The molecule has 0 aliphatic rings. The van der Waals surface area contributed by atoms with Crippen molar-refractivity contribution < 1.29 is 26.5 Å². The number of nitrogens with two attached hydrogens (primary N) is 1. The third kappa shape index (κ3) is 284. The van der Waals surface area contributed by atoms with Gasteiger partial charge in [0.25, 0.3) is 0 Å². The maximum absolute atomic E-state index is 9.82. The van der Waals surface area contributed by atoms with Crippen LogP contribution in [-0.4, -0.2) is 12.3 Å². The number of Topliss-reactive ketones (excluding diaryl/α,β-unsaturated/α-hetero) is 1. The number of carbonyl (C=O) groups is 1. The van der Waals surface area contributed by atoms with E-state index in [2.05, 4.69) is 0 Å². The quantitative estimate of drug-likeness (QED) is 0.583. The Morgan fingerprint density at radius 1 is 1.25 bits per heavy atom. The van der Waals surface area contributed by atoms with E-state index in [1.165, 1.54) is 6.92 Å². The largest absolute Gasteiger partial charge is 2.00 e. The zero-order chi connectivity index (χ0) is 13.1. The molecule has 4 heteroatoms. The predicted octanol–water partition coefficient (Wildman–Crippen LogP) is 2.91. The molecule has 0 aliphatic carbocycles. The predicted molar refractivity (Wildman–Crippen MR) is 66.9 cm³/mol. The third-order valence-corrected chi connectivity index (χ3v) is 0.328. The van der Waals surface area contributed by atoms with Gasteiger partial charge in [-0.2, -0.15) is 33.0 Å². The summed E-state index contributed by atoms with van der Waals surface area (Å²) in [5, 5.41) is 7.77. The molecule has 94 valence electrons. The van der Waals surface area contributed by atoms with Crippen molar-refractivity contribution in [1.82, 2.24) is 0 Å². The molecular weight excluding hydrogens is 236 g/mol. The molecule has 0 aromatic heterocycles. The van der Waals surface area contributed by atoms with Gasteiger partial charge < -0.3 is 18.6 Å². The number of rotatable bonds is 1. The number of ketones is 1. The molecule has 16 heavy (non-hydrogen) atoms. The van der Waals surface area contributed by atoms with Crippen molar-refractivity contribution in [2.24, 2.45) is 5.73 Å². The Hall–Kier alpha value is -0.166. The Labute approximate surface area is 117 Å². The number of nitriles is 1. The SMILES string of the molecule is CC(=O)CC#N.CCN.C[CH-]C.C[CH-]C.[Ti+2]. The Balaban J connectivity index is -0.0000000353. The minimum Gasteiger partial charge on any atom is -0.335 e. The third-order valence-electron chi connectivity index (χ3n) is 0.328. The van der Waals surface area contributed by atoms with Gasteiger partial charge in [-0.05, 0) is 13.5 Å². The summed E-state index contributed by atoms with van der Waals surface area (Å²) in [5.74, 6) is -0.0718. The fourth-order valence-electron chi connectivity index (χ4n) is 0.111. The van der Waals surface area contributed by atoms with E-state index in [4.69, 9.17) is 11.0 Å². The van der Waals surface area contributed by atoms with E-state index < -0.39 is 0 Å². The first kappa shape index (κ1) is 29.7. The first-order valence-corrected chi connectivity index (χ1v) is 5.06. The minimum atomic E-state index is -0.0718. The molecule has 0 radical (unpaired) electrons. The second kappa shape index (κ2) is 46.3. The molecule has 0 atom stereocenters. The van der Waals surface area contributed by atoms with Gasteiger partial charge in [0.05, 0.1) is 12.5 Å². The van der Waals surface area contributed by atoms with Gasteiger partial charge in [-0.3, -0.25) is 4.79 Å². The minimum absolute atomic E-state index is 0. The molecule has 0 aliphatic heterocycles. The molecule has 0 unspecified atom stereocenters. The van der Waals surface area contributed by atoms with Gasteiger partial charge in [0.2, 0.25) is 0 Å². The molecule has 0 saturated heterocycles. The molecule has 2 N–H and O–H groups in total.